The molecule has 1 aliphatic heterocycles. The van der Waals surface area contributed by atoms with Crippen molar-refractivity contribution in [3.63, 3.8) is 0 Å². The summed E-state index contributed by atoms with van der Waals surface area (Å²) < 4.78 is 25.9. The van der Waals surface area contributed by atoms with E-state index in [2.05, 4.69) is 20.5 Å². The second-order valence-corrected chi connectivity index (χ2v) is 6.23. The number of nitrogens with zero attached hydrogens (tertiary/aromatic N) is 2. The molecule has 0 saturated carbocycles. The van der Waals surface area contributed by atoms with E-state index in [-0.39, 0.29) is 5.56 Å². The van der Waals surface area contributed by atoms with Crippen LogP contribution < -0.4 is 10.9 Å². The molecule has 3 rings (SSSR count). The minimum absolute atomic E-state index is 0.0974. The van der Waals surface area contributed by atoms with Gasteiger partial charge in [-0.2, -0.15) is 13.5 Å². The molecule has 0 fully saturated rings. The molecule has 0 aromatic carbocycles. The average Bonchev–Trinajstić information content (AvgIpc) is 2.47. The van der Waals surface area contributed by atoms with E-state index in [1.807, 2.05) is 12.1 Å². The van der Waals surface area contributed by atoms with Crippen molar-refractivity contribution in [3.8, 4) is 11.3 Å². The SMILES string of the molecule is CS(=O)(=O)O.O=c1[nH]nc(-c2cccnc2)c2c1CCCN2. The molecule has 0 aliphatic carbocycles. The van der Waals surface area contributed by atoms with Crippen LogP contribution in [0.3, 0.4) is 0 Å². The maximum Gasteiger partial charge on any atom is 0.269 e. The van der Waals surface area contributed by atoms with Crippen LogP contribution in [0.15, 0.2) is 29.3 Å². The molecular formula is C13H16N4O4S. The number of H-pyrrole nitrogens is 1. The van der Waals surface area contributed by atoms with Gasteiger partial charge in [0, 0.05) is 30.1 Å². The van der Waals surface area contributed by atoms with E-state index in [0.29, 0.717) is 6.26 Å². The van der Waals surface area contributed by atoms with E-state index in [4.69, 9.17) is 4.55 Å². The van der Waals surface area contributed by atoms with Crippen LogP contribution in [-0.2, 0) is 16.5 Å². The topological polar surface area (TPSA) is 125 Å². The molecule has 3 N–H and O–H groups in total. The first-order chi connectivity index (χ1) is 10.4. The molecule has 2 aromatic rings. The molecule has 8 nitrogen and oxygen atoms in total. The summed E-state index contributed by atoms with van der Waals surface area (Å²) >= 11 is 0. The van der Waals surface area contributed by atoms with Crippen LogP contribution in [0.25, 0.3) is 11.3 Å². The van der Waals surface area contributed by atoms with Gasteiger partial charge in [-0.05, 0) is 25.0 Å². The predicted octanol–water partition coefficient (Wildman–Crippen LogP) is 0.694. The van der Waals surface area contributed by atoms with Crippen molar-refractivity contribution in [2.45, 2.75) is 12.8 Å². The zero-order chi connectivity index (χ0) is 16.2. The van der Waals surface area contributed by atoms with Gasteiger partial charge in [0.05, 0.1) is 11.9 Å². The van der Waals surface area contributed by atoms with Gasteiger partial charge < -0.3 is 5.32 Å². The van der Waals surface area contributed by atoms with Gasteiger partial charge >= 0.3 is 0 Å². The first kappa shape index (κ1) is 16.1. The Hall–Kier alpha value is -2.26. The molecule has 9 heteroatoms. The highest BCUT2D eigenvalue weighted by molar-refractivity contribution is 7.85. The first-order valence-electron chi connectivity index (χ1n) is 6.54. The Morgan fingerprint density at radius 2 is 2.09 bits per heavy atom. The number of hydrogen-bond acceptors (Lipinski definition) is 6. The Labute approximate surface area is 127 Å². The molecule has 1 aliphatic rings. The van der Waals surface area contributed by atoms with E-state index in [1.165, 1.54) is 0 Å². The van der Waals surface area contributed by atoms with Crippen LogP contribution in [0, 0.1) is 0 Å². The second kappa shape index (κ2) is 6.67. The van der Waals surface area contributed by atoms with E-state index >= 15 is 0 Å². The Balaban J connectivity index is 0.000000309. The Morgan fingerprint density at radius 3 is 2.73 bits per heavy atom. The maximum absolute atomic E-state index is 11.7. The Bertz CT molecular complexity index is 795. The summed E-state index contributed by atoms with van der Waals surface area (Å²) in [5.41, 5.74) is 3.24. The molecule has 0 unspecified atom stereocenters. The lowest BCUT2D eigenvalue weighted by Crippen LogP contribution is -2.24. The fourth-order valence-corrected chi connectivity index (χ4v) is 2.11. The minimum Gasteiger partial charge on any atom is -0.383 e. The zero-order valence-corrected chi connectivity index (χ0v) is 12.7. The summed E-state index contributed by atoms with van der Waals surface area (Å²) in [6.07, 6.45) is 5.96. The normalized spacial score (nSPS) is 13.4. The summed E-state index contributed by atoms with van der Waals surface area (Å²) in [6.45, 7) is 0.880. The highest BCUT2D eigenvalue weighted by Gasteiger charge is 2.18. The van der Waals surface area contributed by atoms with Crippen molar-refractivity contribution in [2.24, 2.45) is 0 Å². The van der Waals surface area contributed by atoms with Gasteiger partial charge in [0.2, 0.25) is 0 Å². The lowest BCUT2D eigenvalue weighted by atomic mass is 10.0. The highest BCUT2D eigenvalue weighted by atomic mass is 32.2. The summed E-state index contributed by atoms with van der Waals surface area (Å²) in [6, 6.07) is 3.79. The number of aromatic amines is 1. The van der Waals surface area contributed by atoms with Gasteiger partial charge in [-0.3, -0.25) is 14.3 Å². The third kappa shape index (κ3) is 4.37. The molecule has 0 spiro atoms. The number of anilines is 1. The first-order valence-corrected chi connectivity index (χ1v) is 8.39. The van der Waals surface area contributed by atoms with Crippen molar-refractivity contribution in [2.75, 3.05) is 18.1 Å². The van der Waals surface area contributed by atoms with Gasteiger partial charge in [-0.15, -0.1) is 0 Å². The van der Waals surface area contributed by atoms with Crippen LogP contribution in [0.1, 0.15) is 12.0 Å². The lowest BCUT2D eigenvalue weighted by molar-refractivity contribution is 0.490. The van der Waals surface area contributed by atoms with Crippen molar-refractivity contribution in [1.82, 2.24) is 15.2 Å². The smallest absolute Gasteiger partial charge is 0.269 e. The maximum atomic E-state index is 11.7. The third-order valence-corrected chi connectivity index (χ3v) is 2.92. The minimum atomic E-state index is -3.67. The monoisotopic (exact) mass is 324 g/mol. The largest absolute Gasteiger partial charge is 0.383 e. The van der Waals surface area contributed by atoms with Crippen LogP contribution in [-0.4, -0.2) is 41.0 Å². The standard InChI is InChI=1S/C12H12N4O.CH4O3S/c17-12-9-4-2-6-14-11(9)10(15-16-12)8-3-1-5-13-7-8;1-5(2,3)4/h1,3,5,7,14H,2,4,6H2,(H,16,17);1H3,(H,2,3,4). The van der Waals surface area contributed by atoms with Gasteiger partial charge in [0.15, 0.2) is 0 Å². The summed E-state index contributed by atoms with van der Waals surface area (Å²) in [5.74, 6) is 0. The number of pyridine rings is 1. The van der Waals surface area contributed by atoms with E-state index in [9.17, 15) is 13.2 Å². The molecule has 22 heavy (non-hydrogen) atoms. The summed E-state index contributed by atoms with van der Waals surface area (Å²) in [4.78, 5) is 15.7. The van der Waals surface area contributed by atoms with E-state index < -0.39 is 10.1 Å². The fraction of sp³-hybridized carbons (Fsp3) is 0.308. The number of hydrogen-bond donors (Lipinski definition) is 3. The molecule has 0 bridgehead atoms. The molecule has 118 valence electrons. The second-order valence-electron chi connectivity index (χ2n) is 4.76. The molecule has 0 saturated heterocycles. The molecule has 0 radical (unpaired) electrons. The number of rotatable bonds is 1. The molecule has 2 aromatic heterocycles. The van der Waals surface area contributed by atoms with Gasteiger partial charge in [0.25, 0.3) is 15.7 Å². The van der Waals surface area contributed by atoms with E-state index in [1.54, 1.807) is 12.4 Å². The Morgan fingerprint density at radius 1 is 1.36 bits per heavy atom. The quantitative estimate of drug-likeness (QED) is 0.659. The molecular weight excluding hydrogens is 308 g/mol. The van der Waals surface area contributed by atoms with Crippen LogP contribution >= 0.6 is 0 Å². The Kier molecular flexibility index (Phi) is 4.88. The lowest BCUT2D eigenvalue weighted by Gasteiger charge is -2.19. The number of fused-ring (bicyclic) bond motifs is 1. The third-order valence-electron chi connectivity index (χ3n) is 2.92. The number of aromatic nitrogens is 3. The van der Waals surface area contributed by atoms with Crippen LogP contribution in [0.4, 0.5) is 5.69 Å². The molecule has 3 heterocycles. The zero-order valence-electron chi connectivity index (χ0n) is 11.9. The fourth-order valence-electron chi connectivity index (χ4n) is 2.11. The predicted molar refractivity (Wildman–Crippen MR) is 82.4 cm³/mol. The van der Waals surface area contributed by atoms with Crippen molar-refractivity contribution in [3.05, 3.63) is 40.4 Å². The van der Waals surface area contributed by atoms with Crippen molar-refractivity contribution < 1.29 is 13.0 Å². The summed E-state index contributed by atoms with van der Waals surface area (Å²) in [7, 11) is -3.67. The highest BCUT2D eigenvalue weighted by Crippen LogP contribution is 2.28. The molecule has 0 atom stereocenters. The number of nitrogens with one attached hydrogen (secondary N) is 2. The average molecular weight is 324 g/mol. The summed E-state index contributed by atoms with van der Waals surface area (Å²) in [5, 5.41) is 9.94. The van der Waals surface area contributed by atoms with Crippen molar-refractivity contribution >= 4 is 15.8 Å². The van der Waals surface area contributed by atoms with Crippen molar-refractivity contribution in [1.29, 1.82) is 0 Å². The van der Waals surface area contributed by atoms with Crippen LogP contribution in [0.2, 0.25) is 0 Å². The molecule has 0 amide bonds. The van der Waals surface area contributed by atoms with E-state index in [0.717, 1.165) is 41.9 Å². The van der Waals surface area contributed by atoms with Gasteiger partial charge in [-0.25, -0.2) is 5.10 Å². The van der Waals surface area contributed by atoms with Gasteiger partial charge in [-0.1, -0.05) is 0 Å². The van der Waals surface area contributed by atoms with Crippen LogP contribution in [0.5, 0.6) is 0 Å². The van der Waals surface area contributed by atoms with Gasteiger partial charge in [0.1, 0.15) is 5.69 Å².